The Morgan fingerprint density at radius 3 is 2.50 bits per heavy atom. The molecular formula is C20H25N5O3S2. The second kappa shape index (κ2) is 10.4. The third-order valence-electron chi connectivity index (χ3n) is 4.22. The number of hydrogen-bond acceptors (Lipinski definition) is 6. The number of hydrogen-bond donors (Lipinski definition) is 3. The molecule has 160 valence electrons. The number of rotatable bonds is 9. The van der Waals surface area contributed by atoms with Crippen molar-refractivity contribution in [2.24, 2.45) is 10.1 Å². The van der Waals surface area contributed by atoms with Crippen LogP contribution in [0.15, 0.2) is 63.2 Å². The van der Waals surface area contributed by atoms with E-state index in [1.54, 1.807) is 29.7 Å². The molecule has 0 radical (unpaired) electrons. The molecule has 4 N–H and O–H groups in total. The van der Waals surface area contributed by atoms with Gasteiger partial charge in [-0.15, -0.1) is 11.3 Å². The van der Waals surface area contributed by atoms with Crippen LogP contribution in [0.5, 0.6) is 0 Å². The van der Waals surface area contributed by atoms with Gasteiger partial charge in [0.25, 0.3) is 0 Å². The molecule has 10 heteroatoms. The van der Waals surface area contributed by atoms with Gasteiger partial charge in [-0.05, 0) is 36.8 Å². The monoisotopic (exact) mass is 447 g/mol. The number of aromatic nitrogens is 1. The van der Waals surface area contributed by atoms with Crippen LogP contribution in [-0.4, -0.2) is 32.5 Å². The first-order valence-electron chi connectivity index (χ1n) is 9.48. The second-order valence-corrected chi connectivity index (χ2v) is 9.53. The zero-order valence-electron chi connectivity index (χ0n) is 16.7. The molecule has 0 saturated heterocycles. The van der Waals surface area contributed by atoms with Crippen LogP contribution in [-0.2, 0) is 29.4 Å². The average molecular weight is 448 g/mol. The summed E-state index contributed by atoms with van der Waals surface area (Å²) in [4.78, 5) is 10.3. The molecule has 0 fully saturated rings. The molecule has 2 heterocycles. The Bertz CT molecular complexity index is 1060. The minimum atomic E-state index is -3.70. The molecule has 2 aromatic heterocycles. The predicted octanol–water partition coefficient (Wildman–Crippen LogP) is 2.21. The third kappa shape index (κ3) is 6.97. The second-order valence-electron chi connectivity index (χ2n) is 6.65. The van der Waals surface area contributed by atoms with E-state index in [9.17, 15) is 8.42 Å². The quantitative estimate of drug-likeness (QED) is 0.341. The SMILES string of the molecule is Cc1cnc(CCNC(=NCc2ccc(S(N)(=O)=O)cc2)NCCc2ccco2)s1. The molecule has 0 atom stereocenters. The minimum absolute atomic E-state index is 0.0869. The number of aryl methyl sites for hydroxylation is 1. The number of guanidine groups is 1. The zero-order chi connectivity index (χ0) is 21.4. The maximum atomic E-state index is 11.4. The summed E-state index contributed by atoms with van der Waals surface area (Å²) in [5.41, 5.74) is 0.880. The lowest BCUT2D eigenvalue weighted by Gasteiger charge is -2.12. The smallest absolute Gasteiger partial charge is 0.238 e. The van der Waals surface area contributed by atoms with Gasteiger partial charge in [-0.25, -0.2) is 23.5 Å². The van der Waals surface area contributed by atoms with Crippen LogP contribution in [0, 0.1) is 6.92 Å². The first kappa shape index (κ1) is 22.0. The van der Waals surface area contributed by atoms with Crippen LogP contribution < -0.4 is 15.8 Å². The molecule has 1 aromatic carbocycles. The van der Waals surface area contributed by atoms with Crippen LogP contribution in [0.1, 0.15) is 21.2 Å². The van der Waals surface area contributed by atoms with E-state index in [-0.39, 0.29) is 4.90 Å². The fourth-order valence-electron chi connectivity index (χ4n) is 2.69. The van der Waals surface area contributed by atoms with Gasteiger partial charge in [-0.1, -0.05) is 12.1 Å². The molecule has 0 aliphatic heterocycles. The highest BCUT2D eigenvalue weighted by Crippen LogP contribution is 2.11. The summed E-state index contributed by atoms with van der Waals surface area (Å²) in [5, 5.41) is 12.8. The lowest BCUT2D eigenvalue weighted by atomic mass is 10.2. The van der Waals surface area contributed by atoms with Crippen LogP contribution >= 0.6 is 11.3 Å². The van der Waals surface area contributed by atoms with Gasteiger partial charge in [0.2, 0.25) is 10.0 Å². The number of benzene rings is 1. The number of primary sulfonamides is 1. The van der Waals surface area contributed by atoms with Gasteiger partial charge in [0, 0.05) is 37.0 Å². The summed E-state index contributed by atoms with van der Waals surface area (Å²) in [6, 6.07) is 10.2. The Hall–Kier alpha value is -2.69. The van der Waals surface area contributed by atoms with Crippen LogP contribution in [0.3, 0.4) is 0 Å². The molecule has 0 bridgehead atoms. The van der Waals surface area contributed by atoms with Crippen molar-refractivity contribution in [1.82, 2.24) is 15.6 Å². The van der Waals surface area contributed by atoms with Crippen LogP contribution in [0.2, 0.25) is 0 Å². The molecule has 0 amide bonds. The maximum Gasteiger partial charge on any atom is 0.238 e. The van der Waals surface area contributed by atoms with Gasteiger partial charge in [-0.3, -0.25) is 0 Å². The number of furan rings is 1. The normalized spacial score (nSPS) is 12.1. The summed E-state index contributed by atoms with van der Waals surface area (Å²) < 4.78 is 28.1. The molecule has 0 aliphatic carbocycles. The summed E-state index contributed by atoms with van der Waals surface area (Å²) in [7, 11) is -3.70. The van der Waals surface area contributed by atoms with Crippen molar-refractivity contribution >= 4 is 27.3 Å². The molecule has 30 heavy (non-hydrogen) atoms. The van der Waals surface area contributed by atoms with E-state index in [4.69, 9.17) is 9.56 Å². The predicted molar refractivity (Wildman–Crippen MR) is 118 cm³/mol. The highest BCUT2D eigenvalue weighted by Gasteiger charge is 2.07. The van der Waals surface area contributed by atoms with Crippen molar-refractivity contribution < 1.29 is 12.8 Å². The Kier molecular flexibility index (Phi) is 7.61. The highest BCUT2D eigenvalue weighted by atomic mass is 32.2. The third-order valence-corrected chi connectivity index (χ3v) is 6.12. The van der Waals surface area contributed by atoms with Crippen LogP contribution in [0.4, 0.5) is 0 Å². The first-order valence-corrected chi connectivity index (χ1v) is 11.8. The highest BCUT2D eigenvalue weighted by molar-refractivity contribution is 7.89. The Morgan fingerprint density at radius 1 is 1.17 bits per heavy atom. The summed E-state index contributed by atoms with van der Waals surface area (Å²) in [5.74, 6) is 1.57. The lowest BCUT2D eigenvalue weighted by molar-refractivity contribution is 0.506. The molecular weight excluding hydrogens is 422 g/mol. The minimum Gasteiger partial charge on any atom is -0.469 e. The Morgan fingerprint density at radius 2 is 1.90 bits per heavy atom. The van der Waals surface area contributed by atoms with Crippen LogP contribution in [0.25, 0.3) is 0 Å². The van der Waals surface area contributed by atoms with Crippen molar-refractivity contribution in [2.75, 3.05) is 13.1 Å². The summed E-state index contributed by atoms with van der Waals surface area (Å²) >= 11 is 1.69. The number of sulfonamides is 1. The van der Waals surface area contributed by atoms with Crippen molar-refractivity contribution in [3.63, 3.8) is 0 Å². The van der Waals surface area contributed by atoms with Crippen molar-refractivity contribution in [3.8, 4) is 0 Å². The van der Waals surface area contributed by atoms with Crippen molar-refractivity contribution in [2.45, 2.75) is 31.2 Å². The zero-order valence-corrected chi connectivity index (χ0v) is 18.3. The van der Waals surface area contributed by atoms with Gasteiger partial charge in [0.1, 0.15) is 5.76 Å². The number of aliphatic imine (C=N–C) groups is 1. The van der Waals surface area contributed by atoms with Crippen molar-refractivity contribution in [3.05, 3.63) is 70.1 Å². The molecule has 0 spiro atoms. The Labute approximate surface area is 180 Å². The number of nitrogens with zero attached hydrogens (tertiary/aromatic N) is 2. The number of nitrogens with two attached hydrogens (primary N) is 1. The van der Waals surface area contributed by atoms with Gasteiger partial charge < -0.3 is 15.1 Å². The topological polar surface area (TPSA) is 123 Å². The largest absolute Gasteiger partial charge is 0.469 e. The van der Waals surface area contributed by atoms with Crippen molar-refractivity contribution in [1.29, 1.82) is 0 Å². The Balaban J connectivity index is 1.59. The van der Waals surface area contributed by atoms with Gasteiger partial charge >= 0.3 is 0 Å². The van der Waals surface area contributed by atoms with E-state index < -0.39 is 10.0 Å². The van der Waals surface area contributed by atoms with E-state index in [0.29, 0.717) is 25.6 Å². The summed E-state index contributed by atoms with van der Waals surface area (Å²) in [6.07, 6.45) is 5.08. The first-order chi connectivity index (χ1) is 14.4. The maximum absolute atomic E-state index is 11.4. The standard InChI is InChI=1S/C20H25N5O3S2/c1-15-13-24-19(29-15)9-11-23-20(22-10-8-17-3-2-12-28-17)25-14-16-4-6-18(7-5-16)30(21,26)27/h2-7,12-13H,8-11,14H2,1H3,(H2,21,26,27)(H2,22,23,25). The molecule has 0 unspecified atom stereocenters. The fourth-order valence-corrected chi connectivity index (χ4v) is 4.00. The van der Waals surface area contributed by atoms with Gasteiger partial charge in [-0.2, -0.15) is 0 Å². The van der Waals surface area contributed by atoms with Gasteiger partial charge in [0.05, 0.1) is 22.7 Å². The molecule has 0 aliphatic rings. The van der Waals surface area contributed by atoms with E-state index in [1.807, 2.05) is 25.3 Å². The molecule has 8 nitrogen and oxygen atoms in total. The summed E-state index contributed by atoms with van der Waals surface area (Å²) in [6.45, 7) is 3.81. The fraction of sp³-hybridized carbons (Fsp3) is 0.300. The molecule has 3 aromatic rings. The van der Waals surface area contributed by atoms with E-state index in [0.717, 1.165) is 29.2 Å². The van der Waals surface area contributed by atoms with Gasteiger partial charge in [0.15, 0.2) is 5.96 Å². The van der Waals surface area contributed by atoms with E-state index >= 15 is 0 Å². The lowest BCUT2D eigenvalue weighted by Crippen LogP contribution is -2.39. The molecule has 3 rings (SSSR count). The average Bonchev–Trinajstić information content (AvgIpc) is 3.37. The number of nitrogens with one attached hydrogen (secondary N) is 2. The number of thiazole rings is 1. The van der Waals surface area contributed by atoms with E-state index in [2.05, 4.69) is 20.6 Å². The molecule has 0 saturated carbocycles. The van der Waals surface area contributed by atoms with E-state index in [1.165, 1.54) is 17.0 Å².